The number of methoxy groups -OCH3 is 1. The quantitative estimate of drug-likeness (QED) is 0.605. The van der Waals surface area contributed by atoms with Crippen LogP contribution in [0.1, 0.15) is 24.5 Å². The average Bonchev–Trinajstić information content (AvgIpc) is 2.80. The van der Waals surface area contributed by atoms with Crippen molar-refractivity contribution in [2.75, 3.05) is 7.11 Å². The molecule has 0 amide bonds. The molecule has 7 heteroatoms. The maximum atomic E-state index is 11.7. The van der Waals surface area contributed by atoms with Crippen LogP contribution in [0.3, 0.4) is 0 Å². The minimum Gasteiger partial charge on any atom is -0.468 e. The van der Waals surface area contributed by atoms with Crippen molar-refractivity contribution in [1.82, 2.24) is 14.6 Å². The van der Waals surface area contributed by atoms with Crippen molar-refractivity contribution in [2.45, 2.75) is 26.2 Å². The number of aromatic nitrogens is 3. The second-order valence-corrected chi connectivity index (χ2v) is 6.18. The minimum absolute atomic E-state index is 0.291. The summed E-state index contributed by atoms with van der Waals surface area (Å²) in [6.07, 6.45) is 0. The van der Waals surface area contributed by atoms with Gasteiger partial charge in [-0.3, -0.25) is 4.79 Å². The van der Waals surface area contributed by atoms with Crippen molar-refractivity contribution in [1.29, 1.82) is 0 Å². The molecular weight excluding hydrogens is 353 g/mol. The van der Waals surface area contributed by atoms with Crippen molar-refractivity contribution in [3.8, 4) is 0 Å². The molecule has 0 aliphatic heterocycles. The molecule has 2 aromatic rings. The lowest BCUT2D eigenvalue weighted by Crippen LogP contribution is -2.30. The molecule has 5 nitrogen and oxygen atoms in total. The highest BCUT2D eigenvalue weighted by Gasteiger charge is 2.35. The Labute approximate surface area is 116 Å². The fourth-order valence-corrected chi connectivity index (χ4v) is 3.08. The van der Waals surface area contributed by atoms with Crippen LogP contribution in [0.2, 0.25) is 0 Å². The smallest absolute Gasteiger partial charge is 0.318 e. The molecule has 0 N–H and O–H groups in total. The van der Waals surface area contributed by atoms with Crippen LogP contribution in [0, 0.1) is 10.6 Å². The summed E-state index contributed by atoms with van der Waals surface area (Å²) < 4.78 is 7.53. The topological polar surface area (TPSA) is 56.5 Å². The number of nitrogens with zero attached hydrogens (tertiary/aromatic N) is 3. The number of imidazole rings is 1. The van der Waals surface area contributed by atoms with E-state index in [1.165, 1.54) is 18.4 Å². The SMILES string of the molecule is COC(=O)C(C)(C)c1nn2c(I)c(C)nc2s1. The number of ether oxygens (including phenoxy) is 1. The highest BCUT2D eigenvalue weighted by molar-refractivity contribution is 14.1. The number of hydrogen-bond donors (Lipinski definition) is 0. The van der Waals surface area contributed by atoms with Crippen molar-refractivity contribution >= 4 is 44.9 Å². The average molecular weight is 365 g/mol. The molecule has 0 bridgehead atoms. The van der Waals surface area contributed by atoms with Gasteiger partial charge in [0.25, 0.3) is 0 Å². The van der Waals surface area contributed by atoms with Crippen molar-refractivity contribution in [3.63, 3.8) is 0 Å². The second-order valence-electron chi connectivity index (χ2n) is 4.21. The van der Waals surface area contributed by atoms with Gasteiger partial charge >= 0.3 is 5.97 Å². The van der Waals surface area contributed by atoms with E-state index in [0.29, 0.717) is 5.01 Å². The first kappa shape index (κ1) is 12.7. The molecule has 0 radical (unpaired) electrons. The fraction of sp³-hybridized carbons (Fsp3) is 0.500. The van der Waals surface area contributed by atoms with Gasteiger partial charge in [0.05, 0.1) is 12.8 Å². The zero-order valence-corrected chi connectivity index (χ0v) is 12.9. The molecule has 0 aromatic carbocycles. The minimum atomic E-state index is -0.739. The summed E-state index contributed by atoms with van der Waals surface area (Å²) in [5.41, 5.74) is 0.212. The van der Waals surface area contributed by atoms with Gasteiger partial charge in [0.2, 0.25) is 4.96 Å². The van der Waals surface area contributed by atoms with Gasteiger partial charge in [-0.05, 0) is 43.4 Å². The predicted molar refractivity (Wildman–Crippen MR) is 73.4 cm³/mol. The first-order valence-corrected chi connectivity index (χ1v) is 6.88. The summed E-state index contributed by atoms with van der Waals surface area (Å²) in [6, 6.07) is 0. The monoisotopic (exact) mass is 365 g/mol. The van der Waals surface area contributed by atoms with E-state index in [1.54, 1.807) is 18.4 Å². The van der Waals surface area contributed by atoms with E-state index >= 15 is 0 Å². The van der Waals surface area contributed by atoms with Gasteiger partial charge in [0.1, 0.15) is 14.1 Å². The molecular formula is C10H12IN3O2S. The Morgan fingerprint density at radius 1 is 1.53 bits per heavy atom. The molecule has 0 unspecified atom stereocenters. The van der Waals surface area contributed by atoms with E-state index in [1.807, 2.05) is 6.92 Å². The number of carbonyl (C=O) groups is 1. The summed E-state index contributed by atoms with van der Waals surface area (Å²) in [5, 5.41) is 5.15. The summed E-state index contributed by atoms with van der Waals surface area (Å²) in [7, 11) is 1.39. The van der Waals surface area contributed by atoms with E-state index in [2.05, 4.69) is 32.7 Å². The van der Waals surface area contributed by atoms with Gasteiger partial charge < -0.3 is 4.74 Å². The van der Waals surface area contributed by atoms with Crippen LogP contribution in [0.4, 0.5) is 0 Å². The second kappa shape index (κ2) is 4.20. The number of carbonyl (C=O) groups excluding carboxylic acids is 1. The zero-order valence-electron chi connectivity index (χ0n) is 9.94. The van der Waals surface area contributed by atoms with E-state index in [-0.39, 0.29) is 5.97 Å². The third-order valence-corrected chi connectivity index (χ3v) is 5.01. The molecule has 0 atom stereocenters. The Bertz CT molecular complexity index is 588. The van der Waals surface area contributed by atoms with E-state index in [4.69, 9.17) is 4.74 Å². The standard InChI is InChI=1S/C10H12IN3O2S/c1-5-6(11)14-9(12-5)17-7(13-14)10(2,3)8(15)16-4/h1-4H3. The van der Waals surface area contributed by atoms with Gasteiger partial charge in [-0.2, -0.15) is 9.61 Å². The summed E-state index contributed by atoms with van der Waals surface area (Å²) in [6.45, 7) is 5.54. The van der Waals surface area contributed by atoms with Crippen LogP contribution in [0.5, 0.6) is 0 Å². The van der Waals surface area contributed by atoms with E-state index in [0.717, 1.165) is 14.4 Å². The molecule has 2 aromatic heterocycles. The van der Waals surface area contributed by atoms with Crippen LogP contribution in [-0.2, 0) is 14.9 Å². The number of esters is 1. The number of fused-ring (bicyclic) bond motifs is 1. The zero-order chi connectivity index (χ0) is 12.8. The summed E-state index contributed by atoms with van der Waals surface area (Å²) in [4.78, 5) is 16.9. The fourth-order valence-electron chi connectivity index (χ4n) is 1.42. The molecule has 0 aliphatic rings. The molecule has 17 heavy (non-hydrogen) atoms. The van der Waals surface area contributed by atoms with Crippen LogP contribution >= 0.6 is 33.9 Å². The van der Waals surface area contributed by atoms with E-state index < -0.39 is 5.41 Å². The largest absolute Gasteiger partial charge is 0.468 e. The molecule has 2 rings (SSSR count). The molecule has 0 saturated heterocycles. The van der Waals surface area contributed by atoms with Gasteiger partial charge in [-0.1, -0.05) is 11.3 Å². The van der Waals surface area contributed by atoms with Gasteiger partial charge in [0, 0.05) is 0 Å². The lowest BCUT2D eigenvalue weighted by atomic mass is 9.95. The van der Waals surface area contributed by atoms with Crippen molar-refractivity contribution < 1.29 is 9.53 Å². The maximum absolute atomic E-state index is 11.7. The van der Waals surface area contributed by atoms with Crippen LogP contribution in [0.15, 0.2) is 0 Å². The van der Waals surface area contributed by atoms with E-state index in [9.17, 15) is 4.79 Å². The Kier molecular flexibility index (Phi) is 3.15. The number of hydrogen-bond acceptors (Lipinski definition) is 5. The highest BCUT2D eigenvalue weighted by atomic mass is 127. The molecule has 2 heterocycles. The molecule has 0 saturated carbocycles. The lowest BCUT2D eigenvalue weighted by molar-refractivity contribution is -0.146. The number of aryl methyl sites for hydroxylation is 1. The Hall–Kier alpha value is -0.700. The number of halogens is 1. The Morgan fingerprint density at radius 3 is 2.71 bits per heavy atom. The van der Waals surface area contributed by atoms with Crippen molar-refractivity contribution in [3.05, 3.63) is 14.4 Å². The predicted octanol–water partition coefficient (Wildman–Crippen LogP) is 2.15. The van der Waals surface area contributed by atoms with Gasteiger partial charge in [0.15, 0.2) is 0 Å². The molecule has 92 valence electrons. The maximum Gasteiger partial charge on any atom is 0.318 e. The Morgan fingerprint density at radius 2 is 2.18 bits per heavy atom. The first-order valence-electron chi connectivity index (χ1n) is 4.98. The highest BCUT2D eigenvalue weighted by Crippen LogP contribution is 2.30. The summed E-state index contributed by atoms with van der Waals surface area (Å²) >= 11 is 3.61. The molecule has 0 aliphatic carbocycles. The Balaban J connectivity index is 2.54. The number of rotatable bonds is 2. The van der Waals surface area contributed by atoms with Crippen LogP contribution in [0.25, 0.3) is 4.96 Å². The first-order chi connectivity index (χ1) is 7.87. The lowest BCUT2D eigenvalue weighted by Gasteiger charge is -2.17. The van der Waals surface area contributed by atoms with Crippen LogP contribution in [-0.4, -0.2) is 27.7 Å². The molecule has 0 spiro atoms. The van der Waals surface area contributed by atoms with Gasteiger partial charge in [-0.25, -0.2) is 4.98 Å². The molecule has 0 fully saturated rings. The summed E-state index contributed by atoms with van der Waals surface area (Å²) in [5.74, 6) is -0.291. The third-order valence-electron chi connectivity index (χ3n) is 2.54. The van der Waals surface area contributed by atoms with Crippen LogP contribution < -0.4 is 0 Å². The normalized spacial score (nSPS) is 12.1. The van der Waals surface area contributed by atoms with Gasteiger partial charge in [-0.15, -0.1) is 0 Å². The third kappa shape index (κ3) is 1.95. The van der Waals surface area contributed by atoms with Crippen molar-refractivity contribution in [2.24, 2.45) is 0 Å².